The molecule has 160 valence electrons. The van der Waals surface area contributed by atoms with Gasteiger partial charge in [0.2, 0.25) is 0 Å². The molecule has 0 radical (unpaired) electrons. The topological polar surface area (TPSA) is 73.5 Å². The Morgan fingerprint density at radius 1 is 0.935 bits per heavy atom. The second kappa shape index (κ2) is 8.99. The summed E-state index contributed by atoms with van der Waals surface area (Å²) < 4.78 is 3.93. The van der Waals surface area contributed by atoms with Gasteiger partial charge in [-0.25, -0.2) is 9.97 Å². The summed E-state index contributed by atoms with van der Waals surface area (Å²) in [6.45, 7) is 4.13. The van der Waals surface area contributed by atoms with Crippen LogP contribution in [0.3, 0.4) is 0 Å². The number of hydrogen-bond donors (Lipinski definition) is 1. The highest BCUT2D eigenvalue weighted by molar-refractivity contribution is 5.85. The molecule has 0 atom stereocenters. The zero-order chi connectivity index (χ0) is 20.5. The molecule has 5 rings (SSSR count). The molecule has 1 aromatic carbocycles. The van der Waals surface area contributed by atoms with E-state index < -0.39 is 0 Å². The molecule has 0 spiro atoms. The maximum Gasteiger partial charge on any atom is 0.159 e. The number of halogens is 1. The van der Waals surface area contributed by atoms with Crippen molar-refractivity contribution in [1.82, 2.24) is 34.8 Å². The van der Waals surface area contributed by atoms with Crippen molar-refractivity contribution in [2.45, 2.75) is 25.8 Å². The minimum Gasteiger partial charge on any atom is -0.317 e. The molecule has 0 aliphatic carbocycles. The summed E-state index contributed by atoms with van der Waals surface area (Å²) in [5, 5.41) is 12.4. The number of nitrogens with zero attached hydrogens (tertiary/aromatic N) is 6. The van der Waals surface area contributed by atoms with E-state index in [1.54, 1.807) is 0 Å². The van der Waals surface area contributed by atoms with Crippen molar-refractivity contribution in [3.05, 3.63) is 60.9 Å². The third-order valence-electron chi connectivity index (χ3n) is 5.71. The largest absolute Gasteiger partial charge is 0.317 e. The second-order valence-corrected chi connectivity index (χ2v) is 7.87. The van der Waals surface area contributed by atoms with Crippen LogP contribution in [-0.2, 0) is 7.05 Å². The second-order valence-electron chi connectivity index (χ2n) is 7.87. The third kappa shape index (κ3) is 4.38. The molecular weight excluding hydrogens is 410 g/mol. The van der Waals surface area contributed by atoms with Gasteiger partial charge in [-0.3, -0.25) is 9.36 Å². The molecule has 4 aromatic rings. The Kier molecular flexibility index (Phi) is 6.15. The highest BCUT2D eigenvalue weighted by atomic mass is 35.5. The lowest BCUT2D eigenvalue weighted by atomic mass is 10.0. The monoisotopic (exact) mass is 435 g/mol. The van der Waals surface area contributed by atoms with Gasteiger partial charge in [0.15, 0.2) is 5.82 Å². The van der Waals surface area contributed by atoms with Crippen LogP contribution in [-0.4, -0.2) is 42.6 Å². The van der Waals surface area contributed by atoms with Gasteiger partial charge in [-0.1, -0.05) is 18.2 Å². The van der Waals surface area contributed by atoms with Crippen LogP contribution in [0.4, 0.5) is 0 Å². The highest BCUT2D eigenvalue weighted by Gasteiger charge is 2.16. The number of hydrogen-bond acceptors (Lipinski definition) is 5. The van der Waals surface area contributed by atoms with Crippen molar-refractivity contribution >= 4 is 12.4 Å². The number of rotatable bonds is 4. The molecule has 31 heavy (non-hydrogen) atoms. The van der Waals surface area contributed by atoms with Crippen molar-refractivity contribution in [2.24, 2.45) is 7.05 Å². The predicted molar refractivity (Wildman–Crippen MR) is 124 cm³/mol. The minimum absolute atomic E-state index is 0. The Bertz CT molecular complexity index is 1160. The highest BCUT2D eigenvalue weighted by Crippen LogP contribution is 2.27. The Hall–Kier alpha value is -3.03. The van der Waals surface area contributed by atoms with E-state index in [1.807, 2.05) is 55.6 Å². The molecule has 0 amide bonds. The van der Waals surface area contributed by atoms with E-state index in [0.29, 0.717) is 11.9 Å². The molecule has 4 heterocycles. The molecular formula is C23H26ClN7. The molecule has 7 nitrogen and oxygen atoms in total. The lowest BCUT2D eigenvalue weighted by molar-refractivity contribution is 0.343. The van der Waals surface area contributed by atoms with Crippen LogP contribution in [0.15, 0.2) is 55.2 Å². The Morgan fingerprint density at radius 2 is 1.68 bits per heavy atom. The van der Waals surface area contributed by atoms with Gasteiger partial charge < -0.3 is 5.32 Å². The zero-order valence-corrected chi connectivity index (χ0v) is 18.5. The predicted octanol–water partition coefficient (Wildman–Crippen LogP) is 4.06. The summed E-state index contributed by atoms with van der Waals surface area (Å²) in [5.41, 5.74) is 6.29. The molecule has 8 heteroatoms. The smallest absolute Gasteiger partial charge is 0.159 e. The Balaban J connectivity index is 0.00000231. The van der Waals surface area contributed by atoms with Crippen molar-refractivity contribution in [2.75, 3.05) is 13.1 Å². The molecule has 1 saturated heterocycles. The average Bonchev–Trinajstić information content (AvgIpc) is 3.41. The third-order valence-corrected chi connectivity index (χ3v) is 5.71. The zero-order valence-electron chi connectivity index (χ0n) is 17.7. The SMILES string of the molecule is Cc1nn(C)cc1-c1cccc(-c2ncc(-c3cnn(C4CCNCC4)c3)cn2)c1.Cl. The van der Waals surface area contributed by atoms with Crippen LogP contribution in [0.25, 0.3) is 33.6 Å². The fraction of sp³-hybridized carbons (Fsp3) is 0.304. The molecule has 3 aromatic heterocycles. The van der Waals surface area contributed by atoms with Crippen molar-refractivity contribution < 1.29 is 0 Å². The first-order valence-corrected chi connectivity index (χ1v) is 10.4. The van der Waals surface area contributed by atoms with Crippen LogP contribution < -0.4 is 5.32 Å². The Labute approximate surface area is 188 Å². The summed E-state index contributed by atoms with van der Waals surface area (Å²) in [6, 6.07) is 8.76. The normalized spacial score (nSPS) is 14.4. The number of benzene rings is 1. The van der Waals surface area contributed by atoms with Crippen LogP contribution in [0.1, 0.15) is 24.6 Å². The standard InChI is InChI=1S/C23H25N7.ClH/c1-16-22(15-29(2)28-16)17-4-3-5-18(10-17)23-25-11-19(12-26-23)20-13-27-30(14-20)21-6-8-24-9-7-21;/h3-5,10-15,21,24H,6-9H2,1-2H3;1H. The van der Waals surface area contributed by atoms with E-state index in [4.69, 9.17) is 0 Å². The fourth-order valence-corrected chi connectivity index (χ4v) is 4.09. The van der Waals surface area contributed by atoms with Gasteiger partial charge in [-0.15, -0.1) is 12.4 Å². The quantitative estimate of drug-likeness (QED) is 0.523. The van der Waals surface area contributed by atoms with E-state index in [2.05, 4.69) is 48.5 Å². The first kappa shape index (κ1) is 21.2. The minimum atomic E-state index is 0. The summed E-state index contributed by atoms with van der Waals surface area (Å²) in [6.07, 6.45) is 12.1. The lowest BCUT2D eigenvalue weighted by Crippen LogP contribution is -2.29. The average molecular weight is 436 g/mol. The molecule has 0 bridgehead atoms. The van der Waals surface area contributed by atoms with E-state index in [1.165, 1.54) is 0 Å². The summed E-state index contributed by atoms with van der Waals surface area (Å²) in [7, 11) is 1.94. The summed E-state index contributed by atoms with van der Waals surface area (Å²) in [4.78, 5) is 9.26. The fourth-order valence-electron chi connectivity index (χ4n) is 4.09. The van der Waals surface area contributed by atoms with Gasteiger partial charge in [0.25, 0.3) is 0 Å². The number of nitrogens with one attached hydrogen (secondary N) is 1. The number of piperidine rings is 1. The van der Waals surface area contributed by atoms with Gasteiger partial charge in [0.1, 0.15) is 0 Å². The summed E-state index contributed by atoms with van der Waals surface area (Å²) >= 11 is 0. The van der Waals surface area contributed by atoms with Crippen molar-refractivity contribution in [3.63, 3.8) is 0 Å². The molecule has 0 unspecified atom stereocenters. The van der Waals surface area contributed by atoms with E-state index in [0.717, 1.165) is 59.4 Å². The first-order chi connectivity index (χ1) is 14.7. The Morgan fingerprint density at radius 3 is 2.39 bits per heavy atom. The lowest BCUT2D eigenvalue weighted by Gasteiger charge is -2.22. The van der Waals surface area contributed by atoms with Crippen LogP contribution in [0.2, 0.25) is 0 Å². The summed E-state index contributed by atoms with van der Waals surface area (Å²) in [5.74, 6) is 0.716. The molecule has 0 saturated carbocycles. The molecule has 1 fully saturated rings. The van der Waals surface area contributed by atoms with Gasteiger partial charge in [0, 0.05) is 54.1 Å². The first-order valence-electron chi connectivity index (χ1n) is 10.4. The van der Waals surface area contributed by atoms with Gasteiger partial charge in [0.05, 0.1) is 17.9 Å². The van der Waals surface area contributed by atoms with E-state index in [-0.39, 0.29) is 12.4 Å². The van der Waals surface area contributed by atoms with Crippen LogP contribution in [0.5, 0.6) is 0 Å². The van der Waals surface area contributed by atoms with E-state index in [9.17, 15) is 0 Å². The maximum atomic E-state index is 4.63. The van der Waals surface area contributed by atoms with Gasteiger partial charge in [-0.2, -0.15) is 10.2 Å². The van der Waals surface area contributed by atoms with E-state index >= 15 is 0 Å². The molecule has 1 aliphatic heterocycles. The van der Waals surface area contributed by atoms with Gasteiger partial charge >= 0.3 is 0 Å². The van der Waals surface area contributed by atoms with Gasteiger partial charge in [-0.05, 0) is 44.5 Å². The molecule has 1 aliphatic rings. The number of aromatic nitrogens is 6. The van der Waals surface area contributed by atoms with Crippen LogP contribution in [0, 0.1) is 6.92 Å². The van der Waals surface area contributed by atoms with Crippen LogP contribution >= 0.6 is 12.4 Å². The molecule has 1 N–H and O–H groups in total. The number of aryl methyl sites for hydroxylation is 2. The van der Waals surface area contributed by atoms with Crippen molar-refractivity contribution in [3.8, 4) is 33.6 Å². The van der Waals surface area contributed by atoms with Crippen molar-refractivity contribution in [1.29, 1.82) is 0 Å². The maximum absolute atomic E-state index is 4.63.